The molecule has 1 N–H and O–H groups in total. The van der Waals surface area contributed by atoms with E-state index in [4.69, 9.17) is 5.11 Å². The van der Waals surface area contributed by atoms with E-state index >= 15 is 0 Å². The Labute approximate surface area is 102 Å². The fourth-order valence-electron chi connectivity index (χ4n) is 1.00. The van der Waals surface area contributed by atoms with Gasteiger partial charge in [0.1, 0.15) is 4.75 Å². The van der Waals surface area contributed by atoms with Gasteiger partial charge in [-0.1, -0.05) is 22.0 Å². The third-order valence-corrected chi connectivity index (χ3v) is 3.87. The predicted molar refractivity (Wildman–Crippen MR) is 66.5 cm³/mol. The van der Waals surface area contributed by atoms with E-state index in [0.717, 1.165) is 14.9 Å². The first-order chi connectivity index (χ1) is 6.83. The Morgan fingerprint density at radius 2 is 2.07 bits per heavy atom. The van der Waals surface area contributed by atoms with Crippen LogP contribution in [0.2, 0.25) is 0 Å². The van der Waals surface area contributed by atoms with Crippen molar-refractivity contribution < 1.29 is 9.90 Å². The Balaban J connectivity index is 2.99. The lowest BCUT2D eigenvalue weighted by atomic mass is 10.2. The zero-order chi connectivity index (χ0) is 11.6. The van der Waals surface area contributed by atoms with Crippen LogP contribution in [-0.4, -0.2) is 15.8 Å². The lowest BCUT2D eigenvalue weighted by molar-refractivity contribution is -0.138. The molecule has 1 rings (SSSR count). The molecule has 0 fully saturated rings. The highest BCUT2D eigenvalue weighted by atomic mass is 79.9. The van der Waals surface area contributed by atoms with E-state index in [9.17, 15) is 4.79 Å². The van der Waals surface area contributed by atoms with Crippen molar-refractivity contribution in [2.75, 3.05) is 0 Å². The highest BCUT2D eigenvalue weighted by Gasteiger charge is 2.28. The van der Waals surface area contributed by atoms with Crippen molar-refractivity contribution in [1.29, 1.82) is 0 Å². The van der Waals surface area contributed by atoms with Crippen LogP contribution in [-0.2, 0) is 4.79 Å². The molecule has 1 aromatic rings. The number of carboxylic acids is 1. The first kappa shape index (κ1) is 12.6. The second-order valence-electron chi connectivity index (χ2n) is 3.83. The molecule has 0 aliphatic rings. The fourth-order valence-corrected chi connectivity index (χ4v) is 2.57. The Morgan fingerprint density at radius 1 is 1.47 bits per heavy atom. The van der Waals surface area contributed by atoms with Gasteiger partial charge in [0.05, 0.1) is 0 Å². The largest absolute Gasteiger partial charge is 0.480 e. The smallest absolute Gasteiger partial charge is 0.319 e. The summed E-state index contributed by atoms with van der Waals surface area (Å²) in [6.45, 7) is 5.40. The molecule has 4 heteroatoms. The monoisotopic (exact) mass is 288 g/mol. The number of aryl methyl sites for hydroxylation is 1. The molecule has 0 spiro atoms. The maximum Gasteiger partial charge on any atom is 0.319 e. The summed E-state index contributed by atoms with van der Waals surface area (Å²) in [5, 5.41) is 9.03. The molecule has 82 valence electrons. The van der Waals surface area contributed by atoms with Crippen molar-refractivity contribution in [3.63, 3.8) is 0 Å². The Kier molecular flexibility index (Phi) is 3.84. The molecule has 0 aliphatic carbocycles. The van der Waals surface area contributed by atoms with Crippen LogP contribution in [0, 0.1) is 6.92 Å². The van der Waals surface area contributed by atoms with Gasteiger partial charge in [-0.3, -0.25) is 4.79 Å². The SMILES string of the molecule is Cc1ccc(Br)cc1SC(C)(C)C(=O)O. The van der Waals surface area contributed by atoms with Gasteiger partial charge in [-0.15, -0.1) is 11.8 Å². The molecule has 0 aromatic heterocycles. The minimum Gasteiger partial charge on any atom is -0.480 e. The summed E-state index contributed by atoms with van der Waals surface area (Å²) >= 11 is 4.75. The van der Waals surface area contributed by atoms with Crippen LogP contribution in [0.4, 0.5) is 0 Å². The Hall–Kier alpha value is -0.480. The van der Waals surface area contributed by atoms with Gasteiger partial charge in [0.25, 0.3) is 0 Å². The zero-order valence-electron chi connectivity index (χ0n) is 8.87. The van der Waals surface area contributed by atoms with Gasteiger partial charge in [0, 0.05) is 9.37 Å². The molecular formula is C11H13BrO2S. The van der Waals surface area contributed by atoms with Gasteiger partial charge in [-0.05, 0) is 38.5 Å². The van der Waals surface area contributed by atoms with Crippen LogP contribution < -0.4 is 0 Å². The summed E-state index contributed by atoms with van der Waals surface area (Å²) in [5.74, 6) is -0.799. The third kappa shape index (κ3) is 3.24. The molecule has 0 radical (unpaired) electrons. The maximum atomic E-state index is 11.0. The second-order valence-corrected chi connectivity index (χ2v) is 6.41. The average Bonchev–Trinajstić information content (AvgIpc) is 2.10. The van der Waals surface area contributed by atoms with Crippen molar-refractivity contribution in [1.82, 2.24) is 0 Å². The molecule has 0 bridgehead atoms. The number of hydrogen-bond donors (Lipinski definition) is 1. The van der Waals surface area contributed by atoms with E-state index in [1.807, 2.05) is 25.1 Å². The summed E-state index contributed by atoms with van der Waals surface area (Å²) in [5.41, 5.74) is 1.09. The van der Waals surface area contributed by atoms with Gasteiger partial charge in [-0.2, -0.15) is 0 Å². The molecule has 15 heavy (non-hydrogen) atoms. The Morgan fingerprint density at radius 3 is 2.60 bits per heavy atom. The van der Waals surface area contributed by atoms with Crippen LogP contribution in [0.3, 0.4) is 0 Å². The van der Waals surface area contributed by atoms with E-state index in [2.05, 4.69) is 15.9 Å². The topological polar surface area (TPSA) is 37.3 Å². The van der Waals surface area contributed by atoms with E-state index in [1.165, 1.54) is 11.8 Å². The van der Waals surface area contributed by atoms with Crippen molar-refractivity contribution in [2.24, 2.45) is 0 Å². The van der Waals surface area contributed by atoms with Crippen LogP contribution in [0.1, 0.15) is 19.4 Å². The number of thioether (sulfide) groups is 1. The zero-order valence-corrected chi connectivity index (χ0v) is 11.3. The summed E-state index contributed by atoms with van der Waals surface area (Å²) in [6.07, 6.45) is 0. The van der Waals surface area contributed by atoms with E-state index in [0.29, 0.717) is 0 Å². The summed E-state index contributed by atoms with van der Waals surface area (Å²) in [6, 6.07) is 5.88. The van der Waals surface area contributed by atoms with Gasteiger partial charge in [0.2, 0.25) is 0 Å². The summed E-state index contributed by atoms with van der Waals surface area (Å²) in [4.78, 5) is 12.0. The summed E-state index contributed by atoms with van der Waals surface area (Å²) < 4.78 is 0.169. The number of carboxylic acid groups (broad SMARTS) is 1. The molecule has 1 aromatic carbocycles. The molecular weight excluding hydrogens is 276 g/mol. The van der Waals surface area contributed by atoms with Crippen LogP contribution in [0.25, 0.3) is 0 Å². The summed E-state index contributed by atoms with van der Waals surface area (Å²) in [7, 11) is 0. The van der Waals surface area contributed by atoms with Gasteiger partial charge in [-0.25, -0.2) is 0 Å². The predicted octanol–water partition coefficient (Wildman–Crippen LogP) is 3.71. The second kappa shape index (κ2) is 4.58. The maximum absolute atomic E-state index is 11.0. The van der Waals surface area contributed by atoms with E-state index in [-0.39, 0.29) is 0 Å². The Bertz CT molecular complexity index is 388. The number of halogens is 1. The molecule has 0 atom stereocenters. The van der Waals surface area contributed by atoms with Crippen LogP contribution in [0.5, 0.6) is 0 Å². The third-order valence-electron chi connectivity index (χ3n) is 2.03. The number of benzene rings is 1. The lowest BCUT2D eigenvalue weighted by Crippen LogP contribution is -2.27. The van der Waals surface area contributed by atoms with Crippen molar-refractivity contribution in [3.8, 4) is 0 Å². The lowest BCUT2D eigenvalue weighted by Gasteiger charge is -2.19. The molecule has 2 nitrogen and oxygen atoms in total. The molecule has 0 saturated carbocycles. The number of carbonyl (C=O) groups is 1. The van der Waals surface area contributed by atoms with Crippen molar-refractivity contribution in [3.05, 3.63) is 28.2 Å². The molecule has 0 unspecified atom stereocenters. The van der Waals surface area contributed by atoms with Crippen LogP contribution >= 0.6 is 27.7 Å². The molecule has 0 saturated heterocycles. The molecule has 0 amide bonds. The van der Waals surface area contributed by atoms with Gasteiger partial charge in [0.15, 0.2) is 0 Å². The highest BCUT2D eigenvalue weighted by molar-refractivity contribution is 9.10. The minimum absolute atomic E-state index is 0.799. The van der Waals surface area contributed by atoms with E-state index in [1.54, 1.807) is 13.8 Å². The normalized spacial score (nSPS) is 11.5. The number of aliphatic carboxylic acids is 1. The van der Waals surface area contributed by atoms with Gasteiger partial charge < -0.3 is 5.11 Å². The quantitative estimate of drug-likeness (QED) is 0.862. The van der Waals surface area contributed by atoms with Crippen LogP contribution in [0.15, 0.2) is 27.6 Å². The van der Waals surface area contributed by atoms with E-state index < -0.39 is 10.7 Å². The fraction of sp³-hybridized carbons (Fsp3) is 0.364. The molecule has 0 aliphatic heterocycles. The first-order valence-corrected chi connectivity index (χ1v) is 6.12. The number of hydrogen-bond acceptors (Lipinski definition) is 2. The first-order valence-electron chi connectivity index (χ1n) is 4.51. The average molecular weight is 289 g/mol. The highest BCUT2D eigenvalue weighted by Crippen LogP contribution is 2.35. The van der Waals surface area contributed by atoms with Crippen molar-refractivity contribution in [2.45, 2.75) is 30.4 Å². The standard InChI is InChI=1S/C11H13BrO2S/c1-7-4-5-8(12)6-9(7)15-11(2,3)10(13)14/h4-6H,1-3H3,(H,13,14). The van der Waals surface area contributed by atoms with Crippen molar-refractivity contribution >= 4 is 33.7 Å². The van der Waals surface area contributed by atoms with Gasteiger partial charge >= 0.3 is 5.97 Å². The number of rotatable bonds is 3. The minimum atomic E-state index is -0.800. The molecule has 0 heterocycles.